The first kappa shape index (κ1) is 19.8. The van der Waals surface area contributed by atoms with Crippen molar-refractivity contribution in [2.75, 3.05) is 32.8 Å². The highest BCUT2D eigenvalue weighted by Crippen LogP contribution is 2.40. The molecule has 0 aliphatic carbocycles. The predicted octanol–water partition coefficient (Wildman–Crippen LogP) is 3.86. The van der Waals surface area contributed by atoms with Gasteiger partial charge in [-0.3, -0.25) is 9.69 Å². The molecule has 2 aromatic carbocycles. The molecule has 4 rings (SSSR count). The zero-order chi connectivity index (χ0) is 20.3. The number of hydrogen-bond donors (Lipinski definition) is 0. The van der Waals surface area contributed by atoms with E-state index >= 15 is 0 Å². The minimum Gasteiger partial charge on any atom is -0.492 e. The highest BCUT2D eigenvalue weighted by Gasteiger charge is 2.48. The molecule has 1 amide bonds. The summed E-state index contributed by atoms with van der Waals surface area (Å²) in [5.41, 5.74) is 0.268. The smallest absolute Gasteiger partial charge is 0.230 e. The maximum atomic E-state index is 13.5. The highest BCUT2D eigenvalue weighted by molar-refractivity contribution is 5.84. The van der Waals surface area contributed by atoms with Crippen LogP contribution in [0.4, 0.5) is 8.78 Å². The molecule has 1 atom stereocenters. The second-order valence-corrected chi connectivity index (χ2v) is 8.05. The number of carbonyl (C=O) groups excluding carboxylic acids is 1. The van der Waals surface area contributed by atoms with Crippen molar-refractivity contribution in [1.82, 2.24) is 9.80 Å². The second-order valence-electron chi connectivity index (χ2n) is 8.05. The molecule has 0 N–H and O–H groups in total. The Labute approximate surface area is 170 Å². The molecule has 2 aliphatic rings. The quantitative estimate of drug-likeness (QED) is 0.738. The van der Waals surface area contributed by atoms with Crippen molar-refractivity contribution in [1.29, 1.82) is 0 Å². The molecule has 1 unspecified atom stereocenters. The molecule has 29 heavy (non-hydrogen) atoms. The summed E-state index contributed by atoms with van der Waals surface area (Å²) in [4.78, 5) is 17.3. The molecule has 0 saturated carbocycles. The van der Waals surface area contributed by atoms with Crippen molar-refractivity contribution in [3.05, 3.63) is 65.7 Å². The number of hydrogen-bond acceptors (Lipinski definition) is 3. The Morgan fingerprint density at radius 2 is 1.83 bits per heavy atom. The van der Waals surface area contributed by atoms with Gasteiger partial charge >= 0.3 is 0 Å². The molecule has 0 bridgehead atoms. The van der Waals surface area contributed by atoms with Gasteiger partial charge in [-0.2, -0.15) is 0 Å². The van der Waals surface area contributed by atoms with Crippen LogP contribution in [0.15, 0.2) is 48.5 Å². The minimum atomic E-state index is -0.868. The number of amides is 1. The number of likely N-dealkylation sites (tertiary alicyclic amines) is 2. The van der Waals surface area contributed by atoms with Crippen molar-refractivity contribution in [3.63, 3.8) is 0 Å². The van der Waals surface area contributed by atoms with Crippen molar-refractivity contribution in [2.45, 2.75) is 25.8 Å². The maximum absolute atomic E-state index is 13.5. The van der Waals surface area contributed by atoms with Crippen molar-refractivity contribution in [2.24, 2.45) is 5.41 Å². The summed E-state index contributed by atoms with van der Waals surface area (Å²) in [7, 11) is 0. The van der Waals surface area contributed by atoms with E-state index in [9.17, 15) is 13.6 Å². The van der Waals surface area contributed by atoms with E-state index in [1.165, 1.54) is 6.07 Å². The number of para-hydroxylation sites is 1. The van der Waals surface area contributed by atoms with Gasteiger partial charge in [-0.1, -0.05) is 24.3 Å². The highest BCUT2D eigenvalue weighted by atomic mass is 19.2. The van der Waals surface area contributed by atoms with Gasteiger partial charge in [0.1, 0.15) is 12.4 Å². The molecule has 0 radical (unpaired) electrons. The molecule has 2 saturated heterocycles. The van der Waals surface area contributed by atoms with Gasteiger partial charge in [0, 0.05) is 26.2 Å². The molecule has 1 spiro atoms. The van der Waals surface area contributed by atoms with Crippen LogP contribution in [0, 0.1) is 17.0 Å². The largest absolute Gasteiger partial charge is 0.492 e. The number of nitrogens with zero attached hydrogens (tertiary/aromatic N) is 2. The number of piperidine rings is 1. The van der Waals surface area contributed by atoms with E-state index < -0.39 is 11.6 Å². The van der Waals surface area contributed by atoms with Gasteiger partial charge in [0.25, 0.3) is 0 Å². The molecule has 2 aromatic rings. The molecule has 6 heteroatoms. The Bertz CT molecular complexity index is 861. The average Bonchev–Trinajstić information content (AvgIpc) is 3.13. The summed E-state index contributed by atoms with van der Waals surface area (Å²) in [5, 5.41) is 0. The maximum Gasteiger partial charge on any atom is 0.230 e. The number of rotatable bonds is 6. The fourth-order valence-electron chi connectivity index (χ4n) is 4.50. The van der Waals surface area contributed by atoms with Gasteiger partial charge in [-0.15, -0.1) is 0 Å². The Morgan fingerprint density at radius 1 is 1.00 bits per heavy atom. The topological polar surface area (TPSA) is 32.8 Å². The number of ether oxygens (including phenoxy) is 1. The summed E-state index contributed by atoms with van der Waals surface area (Å²) < 4.78 is 32.5. The molecule has 4 nitrogen and oxygen atoms in total. The number of carbonyl (C=O) groups is 1. The Balaban J connectivity index is 1.34. The van der Waals surface area contributed by atoms with Crippen LogP contribution in [0.5, 0.6) is 5.75 Å². The third-order valence-corrected chi connectivity index (χ3v) is 6.03. The fraction of sp³-hybridized carbons (Fsp3) is 0.435. The van der Waals surface area contributed by atoms with Crippen molar-refractivity contribution >= 4 is 5.91 Å². The predicted molar refractivity (Wildman–Crippen MR) is 106 cm³/mol. The molecular formula is C23H26F2N2O2. The van der Waals surface area contributed by atoms with Crippen LogP contribution < -0.4 is 4.74 Å². The SMILES string of the molecule is O=C1N(Cc2ccc(F)c(F)c2)CCCC12CCN(CCOc1ccccc1)C2. The van der Waals surface area contributed by atoms with E-state index in [4.69, 9.17) is 4.74 Å². The lowest BCUT2D eigenvalue weighted by Crippen LogP contribution is -2.49. The normalized spacial score (nSPS) is 22.4. The first-order chi connectivity index (χ1) is 14.1. The van der Waals surface area contributed by atoms with E-state index in [0.29, 0.717) is 25.3 Å². The Hall–Kier alpha value is -2.47. The molecular weight excluding hydrogens is 374 g/mol. The summed E-state index contributed by atoms with van der Waals surface area (Å²) in [6.07, 6.45) is 2.66. The third kappa shape index (κ3) is 4.42. The van der Waals surface area contributed by atoms with Crippen molar-refractivity contribution in [3.8, 4) is 5.75 Å². The summed E-state index contributed by atoms with van der Waals surface area (Å²) >= 11 is 0. The van der Waals surface area contributed by atoms with Crippen LogP contribution >= 0.6 is 0 Å². The number of benzene rings is 2. The van der Waals surface area contributed by atoms with Gasteiger partial charge in [-0.05, 0) is 55.6 Å². The Kier molecular flexibility index (Phi) is 5.81. The molecule has 154 valence electrons. The summed E-state index contributed by atoms with van der Waals surface area (Å²) in [5.74, 6) is -0.737. The van der Waals surface area contributed by atoms with Crippen LogP contribution in [-0.2, 0) is 11.3 Å². The zero-order valence-corrected chi connectivity index (χ0v) is 16.4. The average molecular weight is 400 g/mol. The van der Waals surface area contributed by atoms with Crippen LogP contribution in [0.2, 0.25) is 0 Å². The molecule has 2 aliphatic heterocycles. The van der Waals surface area contributed by atoms with Crippen LogP contribution in [0.3, 0.4) is 0 Å². The van der Waals surface area contributed by atoms with E-state index in [2.05, 4.69) is 4.90 Å². The Morgan fingerprint density at radius 3 is 2.62 bits per heavy atom. The molecule has 2 heterocycles. The van der Waals surface area contributed by atoms with Crippen LogP contribution in [0.25, 0.3) is 0 Å². The minimum absolute atomic E-state index is 0.139. The molecule has 0 aromatic heterocycles. The fourth-order valence-corrected chi connectivity index (χ4v) is 4.50. The zero-order valence-electron chi connectivity index (χ0n) is 16.4. The molecule has 2 fully saturated rings. The second kappa shape index (κ2) is 8.49. The van der Waals surface area contributed by atoms with E-state index in [0.717, 1.165) is 50.7 Å². The first-order valence-corrected chi connectivity index (χ1v) is 10.2. The van der Waals surface area contributed by atoms with Crippen LogP contribution in [0.1, 0.15) is 24.8 Å². The van der Waals surface area contributed by atoms with Gasteiger partial charge in [0.05, 0.1) is 5.41 Å². The third-order valence-electron chi connectivity index (χ3n) is 6.03. The lowest BCUT2D eigenvalue weighted by molar-refractivity contribution is -0.146. The standard InChI is InChI=1S/C23H26F2N2O2/c24-20-8-7-18(15-21(20)25)16-27-11-4-9-23(22(27)28)10-12-26(17-23)13-14-29-19-5-2-1-3-6-19/h1-3,5-8,15H,4,9-14,16-17H2. The van der Waals surface area contributed by atoms with Gasteiger partial charge in [0.15, 0.2) is 11.6 Å². The lowest BCUT2D eigenvalue weighted by atomic mass is 9.78. The monoisotopic (exact) mass is 400 g/mol. The van der Waals surface area contributed by atoms with E-state index in [1.54, 1.807) is 11.0 Å². The van der Waals surface area contributed by atoms with E-state index in [1.807, 2.05) is 30.3 Å². The van der Waals surface area contributed by atoms with Gasteiger partial charge in [0.2, 0.25) is 5.91 Å². The van der Waals surface area contributed by atoms with E-state index in [-0.39, 0.29) is 11.3 Å². The number of halogens is 2. The summed E-state index contributed by atoms with van der Waals surface area (Å²) in [6, 6.07) is 13.6. The van der Waals surface area contributed by atoms with Gasteiger partial charge in [-0.25, -0.2) is 8.78 Å². The summed E-state index contributed by atoms with van der Waals surface area (Å²) in [6.45, 7) is 3.98. The van der Waals surface area contributed by atoms with Gasteiger partial charge < -0.3 is 9.64 Å². The first-order valence-electron chi connectivity index (χ1n) is 10.2. The van der Waals surface area contributed by atoms with Crippen LogP contribution in [-0.4, -0.2) is 48.5 Å². The lowest BCUT2D eigenvalue weighted by Gasteiger charge is -2.39. The van der Waals surface area contributed by atoms with Crippen molar-refractivity contribution < 1.29 is 18.3 Å².